The fourth-order valence-electron chi connectivity index (χ4n) is 3.05. The highest BCUT2D eigenvalue weighted by Gasteiger charge is 2.20. The molecule has 0 aliphatic heterocycles. The molecule has 1 aromatic carbocycles. The number of hydrogen-bond acceptors (Lipinski definition) is 4. The topological polar surface area (TPSA) is 56.2 Å². The lowest BCUT2D eigenvalue weighted by atomic mass is 10.2. The molecule has 3 rings (SSSR count). The highest BCUT2D eigenvalue weighted by Crippen LogP contribution is 2.31. The van der Waals surface area contributed by atoms with Gasteiger partial charge in [0.15, 0.2) is 0 Å². The average molecular weight is 398 g/mol. The van der Waals surface area contributed by atoms with Crippen LogP contribution in [0.1, 0.15) is 29.9 Å². The molecule has 1 N–H and O–H groups in total. The number of carbonyl (C=O) groups is 1. The first-order valence-corrected chi connectivity index (χ1v) is 10.4. The molecular weight excluding hydrogens is 370 g/mol. The first kappa shape index (κ1) is 20.3. The summed E-state index contributed by atoms with van der Waals surface area (Å²) >= 11 is 1.61. The molecule has 3 aromatic rings. The molecule has 0 saturated carbocycles. The van der Waals surface area contributed by atoms with Crippen LogP contribution in [0.2, 0.25) is 0 Å². The van der Waals surface area contributed by atoms with Crippen LogP contribution in [0.25, 0.3) is 22.0 Å². The van der Waals surface area contributed by atoms with E-state index in [2.05, 4.69) is 41.2 Å². The van der Waals surface area contributed by atoms with Gasteiger partial charge in [0.1, 0.15) is 5.01 Å². The Morgan fingerprint density at radius 1 is 1.29 bits per heavy atom. The highest BCUT2D eigenvalue weighted by atomic mass is 32.1. The number of methoxy groups -OCH3 is 1. The molecule has 0 atom stereocenters. The van der Waals surface area contributed by atoms with E-state index in [1.807, 2.05) is 31.2 Å². The van der Waals surface area contributed by atoms with Crippen molar-refractivity contribution in [2.24, 2.45) is 5.92 Å². The summed E-state index contributed by atoms with van der Waals surface area (Å²) in [5.41, 5.74) is 4.55. The van der Waals surface area contributed by atoms with Crippen LogP contribution < -0.4 is 5.32 Å². The van der Waals surface area contributed by atoms with Crippen LogP contribution in [0.4, 0.5) is 0 Å². The Hall–Kier alpha value is -2.44. The van der Waals surface area contributed by atoms with Crippen molar-refractivity contribution in [2.45, 2.75) is 27.3 Å². The van der Waals surface area contributed by atoms with Crippen molar-refractivity contribution in [1.29, 1.82) is 0 Å². The Morgan fingerprint density at radius 3 is 2.71 bits per heavy atom. The zero-order valence-corrected chi connectivity index (χ0v) is 17.7. The van der Waals surface area contributed by atoms with Crippen LogP contribution in [0.5, 0.6) is 0 Å². The molecule has 0 spiro atoms. The van der Waals surface area contributed by atoms with E-state index >= 15 is 0 Å². The van der Waals surface area contributed by atoms with Crippen LogP contribution in [-0.2, 0) is 11.3 Å². The minimum Gasteiger partial charge on any atom is -0.383 e. The number of thiazole rings is 1. The van der Waals surface area contributed by atoms with Gasteiger partial charge in [-0.25, -0.2) is 4.98 Å². The first-order chi connectivity index (χ1) is 13.5. The Labute approximate surface area is 170 Å². The minimum atomic E-state index is -0.0397. The van der Waals surface area contributed by atoms with Crippen LogP contribution in [0.15, 0.2) is 41.8 Å². The van der Waals surface area contributed by atoms with E-state index in [0.717, 1.165) is 27.7 Å². The van der Waals surface area contributed by atoms with E-state index < -0.39 is 0 Å². The van der Waals surface area contributed by atoms with Crippen molar-refractivity contribution >= 4 is 17.2 Å². The summed E-state index contributed by atoms with van der Waals surface area (Å²) < 4.78 is 7.40. The summed E-state index contributed by atoms with van der Waals surface area (Å²) in [5.74, 6) is 0.369. The van der Waals surface area contributed by atoms with Gasteiger partial charge in [0.2, 0.25) is 0 Å². The molecular formula is C22H27N3O2S. The summed E-state index contributed by atoms with van der Waals surface area (Å²) in [6, 6.07) is 12.1. The second-order valence-electron chi connectivity index (χ2n) is 7.18. The van der Waals surface area contributed by atoms with Crippen molar-refractivity contribution in [3.63, 3.8) is 0 Å². The van der Waals surface area contributed by atoms with E-state index in [9.17, 15) is 4.79 Å². The smallest absolute Gasteiger partial charge is 0.253 e. The van der Waals surface area contributed by atoms with Crippen molar-refractivity contribution in [2.75, 3.05) is 20.3 Å². The van der Waals surface area contributed by atoms with Crippen LogP contribution in [0, 0.1) is 12.8 Å². The van der Waals surface area contributed by atoms with E-state index in [1.165, 1.54) is 0 Å². The molecule has 0 radical (unpaired) electrons. The van der Waals surface area contributed by atoms with E-state index in [-0.39, 0.29) is 5.91 Å². The number of ether oxygens (including phenoxy) is 1. The third-order valence-corrected chi connectivity index (χ3v) is 5.48. The van der Waals surface area contributed by atoms with Crippen molar-refractivity contribution in [3.05, 3.63) is 53.0 Å². The summed E-state index contributed by atoms with van der Waals surface area (Å²) in [5, 5.41) is 6.04. The average Bonchev–Trinajstić information content (AvgIpc) is 3.30. The van der Waals surface area contributed by atoms with Crippen LogP contribution >= 0.6 is 11.3 Å². The van der Waals surface area contributed by atoms with E-state index in [4.69, 9.17) is 9.72 Å². The third kappa shape index (κ3) is 4.51. The maximum atomic E-state index is 12.7. The molecule has 0 aliphatic rings. The normalized spacial score (nSPS) is 11.2. The number of benzene rings is 1. The SMILES string of the molecule is COCCn1c(-c2csc(-c3ccccc3)n2)cc(C(=O)NCC(C)C)c1C. The molecule has 0 aliphatic carbocycles. The quantitative estimate of drug-likeness (QED) is 0.603. The Morgan fingerprint density at radius 2 is 2.04 bits per heavy atom. The fraction of sp³-hybridized carbons (Fsp3) is 0.364. The molecule has 2 aromatic heterocycles. The predicted molar refractivity (Wildman–Crippen MR) is 115 cm³/mol. The lowest BCUT2D eigenvalue weighted by Crippen LogP contribution is -2.27. The number of hydrogen-bond donors (Lipinski definition) is 1. The molecule has 1 amide bonds. The van der Waals surface area contributed by atoms with Crippen molar-refractivity contribution in [3.8, 4) is 22.0 Å². The Bertz CT molecular complexity index is 929. The fourth-order valence-corrected chi connectivity index (χ4v) is 3.87. The maximum absolute atomic E-state index is 12.7. The van der Waals surface area contributed by atoms with E-state index in [1.54, 1.807) is 18.4 Å². The van der Waals surface area contributed by atoms with Gasteiger partial charge in [0, 0.05) is 36.8 Å². The molecule has 148 valence electrons. The number of carbonyl (C=O) groups excluding carboxylic acids is 1. The Kier molecular flexibility index (Phi) is 6.65. The number of aromatic nitrogens is 2. The summed E-state index contributed by atoms with van der Waals surface area (Å²) in [6.45, 7) is 8.06. The van der Waals surface area contributed by atoms with Crippen LogP contribution in [-0.4, -0.2) is 35.7 Å². The second-order valence-corrected chi connectivity index (χ2v) is 8.04. The van der Waals surface area contributed by atoms with Gasteiger partial charge in [0.25, 0.3) is 5.91 Å². The molecule has 5 nitrogen and oxygen atoms in total. The molecule has 0 bridgehead atoms. The van der Waals surface area contributed by atoms with Gasteiger partial charge >= 0.3 is 0 Å². The lowest BCUT2D eigenvalue weighted by Gasteiger charge is -2.11. The maximum Gasteiger partial charge on any atom is 0.253 e. The number of nitrogens with zero attached hydrogens (tertiary/aromatic N) is 2. The molecule has 6 heteroatoms. The number of amides is 1. The largest absolute Gasteiger partial charge is 0.383 e. The van der Waals surface area contributed by atoms with E-state index in [0.29, 0.717) is 31.2 Å². The third-order valence-electron chi connectivity index (χ3n) is 4.59. The Balaban J connectivity index is 1.96. The lowest BCUT2D eigenvalue weighted by molar-refractivity contribution is 0.0948. The van der Waals surface area contributed by atoms with Gasteiger partial charge in [-0.05, 0) is 18.9 Å². The molecule has 28 heavy (non-hydrogen) atoms. The minimum absolute atomic E-state index is 0.0397. The van der Waals surface area contributed by atoms with Gasteiger partial charge in [0.05, 0.1) is 23.6 Å². The van der Waals surface area contributed by atoms with Crippen LogP contribution in [0.3, 0.4) is 0 Å². The monoisotopic (exact) mass is 397 g/mol. The van der Waals surface area contributed by atoms with Crippen molar-refractivity contribution < 1.29 is 9.53 Å². The number of nitrogens with one attached hydrogen (secondary N) is 1. The summed E-state index contributed by atoms with van der Waals surface area (Å²) in [7, 11) is 1.69. The van der Waals surface area contributed by atoms with Gasteiger partial charge in [-0.1, -0.05) is 44.2 Å². The molecule has 0 fully saturated rings. The molecule has 0 unspecified atom stereocenters. The summed E-state index contributed by atoms with van der Waals surface area (Å²) in [6.07, 6.45) is 0. The predicted octanol–water partition coefficient (Wildman–Crippen LogP) is 4.62. The molecule has 2 heterocycles. The highest BCUT2D eigenvalue weighted by molar-refractivity contribution is 7.13. The second kappa shape index (κ2) is 9.17. The number of rotatable bonds is 8. The molecule has 0 saturated heterocycles. The zero-order valence-electron chi connectivity index (χ0n) is 16.9. The van der Waals surface area contributed by atoms with Gasteiger partial charge in [-0.2, -0.15) is 0 Å². The van der Waals surface area contributed by atoms with Gasteiger partial charge in [-0.15, -0.1) is 11.3 Å². The zero-order chi connectivity index (χ0) is 20.1. The van der Waals surface area contributed by atoms with Gasteiger partial charge < -0.3 is 14.6 Å². The summed E-state index contributed by atoms with van der Waals surface area (Å²) in [4.78, 5) is 17.5. The van der Waals surface area contributed by atoms with Crippen molar-refractivity contribution in [1.82, 2.24) is 14.9 Å². The standard InChI is InChI=1S/C22H27N3O2S/c1-15(2)13-23-21(26)18-12-20(25(16(18)3)10-11-27-4)19-14-28-22(24-19)17-8-6-5-7-9-17/h5-9,12,14-15H,10-11,13H2,1-4H3,(H,23,26). The first-order valence-electron chi connectivity index (χ1n) is 9.49. The van der Waals surface area contributed by atoms with Gasteiger partial charge in [-0.3, -0.25) is 4.79 Å².